The number of hydrogen-bond acceptors (Lipinski definition) is 8. The van der Waals surface area contributed by atoms with Crippen LogP contribution in [0.15, 0.2) is 77.9 Å². The highest BCUT2D eigenvalue weighted by molar-refractivity contribution is 6.39. The molecule has 5 aromatic rings. The Balaban J connectivity index is 1.11. The van der Waals surface area contributed by atoms with Crippen molar-refractivity contribution in [1.29, 1.82) is 0 Å². The molecule has 1 saturated carbocycles. The largest absolute Gasteiger partial charge is 0.481 e. The summed E-state index contributed by atoms with van der Waals surface area (Å²) in [5.74, 6) is 1.43. The minimum atomic E-state index is -0.124. The Morgan fingerprint density at radius 3 is 2.36 bits per heavy atom. The van der Waals surface area contributed by atoms with Gasteiger partial charge in [0.15, 0.2) is 0 Å². The summed E-state index contributed by atoms with van der Waals surface area (Å²) in [5, 5.41) is 20.0. The topological polar surface area (TPSA) is 130 Å². The number of aliphatic hydroxyl groups excluding tert-OH is 1. The normalized spacial score (nSPS) is 18.4. The summed E-state index contributed by atoms with van der Waals surface area (Å²) in [5.41, 5.74) is 6.39. The molecular formula is C38H38Cl2N6O4. The third-order valence-corrected chi connectivity index (χ3v) is 10.4. The first-order valence-electron chi connectivity index (χ1n) is 16.8. The molecule has 0 spiro atoms. The summed E-state index contributed by atoms with van der Waals surface area (Å²) in [6.07, 6.45) is 5.77. The molecule has 3 aromatic heterocycles. The maximum absolute atomic E-state index is 13.2. The van der Waals surface area contributed by atoms with Gasteiger partial charge in [0, 0.05) is 84.5 Å². The summed E-state index contributed by atoms with van der Waals surface area (Å²) >= 11 is 14.2. The summed E-state index contributed by atoms with van der Waals surface area (Å²) in [7, 11) is 1.59. The van der Waals surface area contributed by atoms with Crippen molar-refractivity contribution in [3.63, 3.8) is 0 Å². The van der Waals surface area contributed by atoms with Gasteiger partial charge in [0.05, 0.1) is 22.8 Å². The minimum Gasteiger partial charge on any atom is -0.481 e. The molecule has 4 N–H and O–H groups in total. The monoisotopic (exact) mass is 712 g/mol. The van der Waals surface area contributed by atoms with Crippen LogP contribution in [0.2, 0.25) is 10.0 Å². The first-order chi connectivity index (χ1) is 24.3. The Bertz CT molecular complexity index is 2120. The average Bonchev–Trinajstić information content (AvgIpc) is 3.77. The van der Waals surface area contributed by atoms with E-state index in [-0.39, 0.29) is 24.1 Å². The smallest absolute Gasteiger partial charge is 0.262 e. The van der Waals surface area contributed by atoms with Gasteiger partial charge in [-0.05, 0) is 55.0 Å². The predicted molar refractivity (Wildman–Crippen MR) is 195 cm³/mol. The van der Waals surface area contributed by atoms with Crippen LogP contribution >= 0.6 is 23.2 Å². The summed E-state index contributed by atoms with van der Waals surface area (Å²) in [6.45, 7) is 2.62. The number of nitrogens with zero attached hydrogens (tertiary/aromatic N) is 3. The second-order valence-corrected chi connectivity index (χ2v) is 13.7. The third-order valence-electron chi connectivity index (χ3n) is 9.60. The molecule has 258 valence electrons. The lowest BCUT2D eigenvalue weighted by Crippen LogP contribution is -2.35. The van der Waals surface area contributed by atoms with Crippen LogP contribution in [0.25, 0.3) is 39.2 Å². The number of carbonyl (C=O) groups is 1. The van der Waals surface area contributed by atoms with Gasteiger partial charge in [0.1, 0.15) is 5.65 Å². The third kappa shape index (κ3) is 7.12. The molecule has 1 unspecified atom stereocenters. The Morgan fingerprint density at radius 2 is 1.64 bits per heavy atom. The molecular weight excluding hydrogens is 675 g/mol. The van der Waals surface area contributed by atoms with Gasteiger partial charge < -0.3 is 25.8 Å². The number of methoxy groups -OCH3 is 1. The van der Waals surface area contributed by atoms with Crippen LogP contribution in [-0.2, 0) is 17.9 Å². The molecule has 3 atom stereocenters. The number of aliphatic hydroxyl groups is 1. The average molecular weight is 714 g/mol. The highest BCUT2D eigenvalue weighted by Gasteiger charge is 2.35. The highest BCUT2D eigenvalue weighted by atomic mass is 35.5. The van der Waals surface area contributed by atoms with E-state index in [1.54, 1.807) is 23.9 Å². The van der Waals surface area contributed by atoms with E-state index in [0.29, 0.717) is 70.7 Å². The summed E-state index contributed by atoms with van der Waals surface area (Å²) < 4.78 is 7.19. The van der Waals surface area contributed by atoms with Crippen molar-refractivity contribution >= 4 is 34.8 Å². The van der Waals surface area contributed by atoms with E-state index in [1.807, 2.05) is 60.7 Å². The molecule has 1 amide bonds. The van der Waals surface area contributed by atoms with Crippen LogP contribution in [-0.4, -0.2) is 58.2 Å². The number of carbonyl (C=O) groups excluding carboxylic acids is 1. The van der Waals surface area contributed by atoms with Crippen LogP contribution in [0.4, 0.5) is 0 Å². The number of ether oxygens (including phenoxy) is 1. The van der Waals surface area contributed by atoms with Gasteiger partial charge in [-0.2, -0.15) is 0 Å². The van der Waals surface area contributed by atoms with Gasteiger partial charge in [-0.15, -0.1) is 0 Å². The van der Waals surface area contributed by atoms with Crippen LogP contribution in [0.1, 0.15) is 30.4 Å². The molecule has 2 fully saturated rings. The number of amides is 1. The number of halogens is 2. The zero-order valence-corrected chi connectivity index (χ0v) is 29.1. The zero-order valence-electron chi connectivity index (χ0n) is 27.6. The fourth-order valence-electron chi connectivity index (χ4n) is 6.62. The Labute approximate surface area is 299 Å². The summed E-state index contributed by atoms with van der Waals surface area (Å²) in [4.78, 5) is 34.1. The van der Waals surface area contributed by atoms with Crippen LogP contribution in [0, 0.1) is 11.8 Å². The van der Waals surface area contributed by atoms with Gasteiger partial charge in [0.2, 0.25) is 11.8 Å². The van der Waals surface area contributed by atoms with E-state index < -0.39 is 0 Å². The van der Waals surface area contributed by atoms with E-state index in [4.69, 9.17) is 32.9 Å². The summed E-state index contributed by atoms with van der Waals surface area (Å²) in [6, 6.07) is 19.3. The Hall–Kier alpha value is -4.32. The van der Waals surface area contributed by atoms with Crippen molar-refractivity contribution in [3.05, 3.63) is 105 Å². The number of rotatable bonds is 13. The van der Waals surface area contributed by atoms with Gasteiger partial charge in [0.25, 0.3) is 5.56 Å². The maximum Gasteiger partial charge on any atom is 0.262 e. The van der Waals surface area contributed by atoms with Gasteiger partial charge in [-0.1, -0.05) is 65.7 Å². The molecule has 4 heterocycles. The van der Waals surface area contributed by atoms with Crippen molar-refractivity contribution in [2.45, 2.75) is 38.4 Å². The molecule has 2 aromatic carbocycles. The molecule has 1 aliphatic heterocycles. The fourth-order valence-corrected chi connectivity index (χ4v) is 7.28. The van der Waals surface area contributed by atoms with Crippen molar-refractivity contribution in [2.75, 3.05) is 26.8 Å². The molecule has 1 saturated heterocycles. The van der Waals surface area contributed by atoms with E-state index in [1.165, 1.54) is 0 Å². The van der Waals surface area contributed by atoms with Gasteiger partial charge >= 0.3 is 0 Å². The number of pyridine rings is 2. The lowest BCUT2D eigenvalue weighted by Gasteiger charge is -2.16. The second kappa shape index (κ2) is 14.9. The molecule has 0 radical (unpaired) electrons. The standard InChI is InChI=1S/C38H38Cl2N6O4/c1-50-37-23(16-42-20-27-9-11-34(48)44-27)8-10-32(45-37)31-7-3-6-30(36(31)40)29-5-2-4-28(35(29)39)22-12-13-46-33(15-22)43-19-26(38(46)49)18-41-17-24-14-25(24)21-47/h2-8,10,12-13,15,19,24-25,27,41-42,47H,9,11,14,16-18,20-21H2,1H3,(H,44,48)/t24-,25-,27?/m1/s1. The molecule has 10 nitrogen and oxygen atoms in total. The van der Waals surface area contributed by atoms with Crippen molar-refractivity contribution in [1.82, 2.24) is 30.3 Å². The molecule has 2 aliphatic rings. The zero-order chi connectivity index (χ0) is 34.8. The van der Waals surface area contributed by atoms with Crippen molar-refractivity contribution in [2.24, 2.45) is 11.8 Å². The van der Waals surface area contributed by atoms with E-state index in [9.17, 15) is 14.7 Å². The first-order valence-corrected chi connectivity index (χ1v) is 17.5. The predicted octanol–water partition coefficient (Wildman–Crippen LogP) is 5.49. The lowest BCUT2D eigenvalue weighted by molar-refractivity contribution is -0.119. The van der Waals surface area contributed by atoms with Gasteiger partial charge in [-0.25, -0.2) is 9.97 Å². The van der Waals surface area contributed by atoms with Crippen LogP contribution in [0.3, 0.4) is 0 Å². The van der Waals surface area contributed by atoms with Crippen molar-refractivity contribution in [3.8, 4) is 39.4 Å². The minimum absolute atomic E-state index is 0.0947. The van der Waals surface area contributed by atoms with E-state index in [2.05, 4.69) is 20.9 Å². The second-order valence-electron chi connectivity index (χ2n) is 12.9. The molecule has 12 heteroatoms. The van der Waals surface area contributed by atoms with Crippen LogP contribution in [0.5, 0.6) is 5.88 Å². The number of benzene rings is 2. The van der Waals surface area contributed by atoms with E-state index >= 15 is 0 Å². The number of hydrogen-bond donors (Lipinski definition) is 4. The fraction of sp³-hybridized carbons (Fsp3) is 0.316. The number of nitrogens with one attached hydrogen (secondary N) is 3. The van der Waals surface area contributed by atoms with Gasteiger partial charge in [-0.3, -0.25) is 14.0 Å². The maximum atomic E-state index is 13.2. The first kappa shape index (κ1) is 34.1. The van der Waals surface area contributed by atoms with Crippen molar-refractivity contribution < 1.29 is 14.6 Å². The molecule has 50 heavy (non-hydrogen) atoms. The highest BCUT2D eigenvalue weighted by Crippen LogP contribution is 2.42. The Morgan fingerprint density at radius 1 is 0.920 bits per heavy atom. The lowest BCUT2D eigenvalue weighted by atomic mass is 9.97. The molecule has 1 aliphatic carbocycles. The van der Waals surface area contributed by atoms with E-state index in [0.717, 1.165) is 52.8 Å². The molecule has 7 rings (SSSR count). The number of fused-ring (bicyclic) bond motifs is 1. The molecule has 0 bridgehead atoms. The Kier molecular flexibility index (Phi) is 10.2. The SMILES string of the molecule is COc1nc(-c2cccc(-c3cccc(-c4ccn5c(=O)c(CNC[C@H]6C[C@@H]6CO)cnc5c4)c3Cl)c2Cl)ccc1CNCC1CCC(=O)N1. The quantitative estimate of drug-likeness (QED) is 0.126. The number of aromatic nitrogens is 3. The van der Waals surface area contributed by atoms with Crippen LogP contribution < -0.4 is 26.2 Å².